The van der Waals surface area contributed by atoms with E-state index in [4.69, 9.17) is 15.4 Å². The Kier molecular flexibility index (Phi) is 5.14. The van der Waals surface area contributed by atoms with Crippen LogP contribution in [0.2, 0.25) is 0 Å². The molecule has 0 radical (unpaired) electrons. The molecule has 1 fully saturated rings. The number of amides is 1. The Balaban J connectivity index is 2.36. The van der Waals surface area contributed by atoms with Crippen LogP contribution in [0.5, 0.6) is 0 Å². The number of nitrogens with zero attached hydrogens (tertiary/aromatic N) is 1. The zero-order chi connectivity index (χ0) is 16.5. The maximum atomic E-state index is 12.2. The highest BCUT2D eigenvalue weighted by Gasteiger charge is 2.35. The van der Waals surface area contributed by atoms with Crippen LogP contribution in [0.15, 0.2) is 22.7 Å². The van der Waals surface area contributed by atoms with E-state index in [9.17, 15) is 18.0 Å². The quantitative estimate of drug-likeness (QED) is 0.561. The SMILES string of the molecule is COC(=O)c1cccc(Br)c1N1CC(CS(=O)(=O)Cl)CC1=O. The van der Waals surface area contributed by atoms with E-state index in [1.54, 1.807) is 18.2 Å². The number of methoxy groups -OCH3 is 1. The number of halogens is 2. The molecule has 1 unspecified atom stereocenters. The topological polar surface area (TPSA) is 80.8 Å². The van der Waals surface area contributed by atoms with Crippen molar-refractivity contribution < 1.29 is 22.7 Å². The Labute approximate surface area is 140 Å². The third-order valence-corrected chi connectivity index (χ3v) is 5.19. The van der Waals surface area contributed by atoms with E-state index in [-0.39, 0.29) is 30.2 Å². The number of carbonyl (C=O) groups is 2. The van der Waals surface area contributed by atoms with E-state index in [1.807, 2.05) is 0 Å². The maximum absolute atomic E-state index is 12.2. The first-order valence-electron chi connectivity index (χ1n) is 6.32. The van der Waals surface area contributed by atoms with Crippen molar-refractivity contribution >= 4 is 53.2 Å². The van der Waals surface area contributed by atoms with Gasteiger partial charge in [-0.1, -0.05) is 6.07 Å². The summed E-state index contributed by atoms with van der Waals surface area (Å²) >= 11 is 3.32. The lowest BCUT2D eigenvalue weighted by Gasteiger charge is -2.21. The molecule has 0 spiro atoms. The van der Waals surface area contributed by atoms with Gasteiger partial charge in [0.1, 0.15) is 0 Å². The molecule has 9 heteroatoms. The molecule has 6 nitrogen and oxygen atoms in total. The highest BCUT2D eigenvalue weighted by atomic mass is 79.9. The van der Waals surface area contributed by atoms with Gasteiger partial charge in [-0.05, 0) is 28.1 Å². The molecule has 0 saturated carbocycles. The fourth-order valence-corrected chi connectivity index (χ4v) is 4.36. The summed E-state index contributed by atoms with van der Waals surface area (Å²) in [5.74, 6) is -1.53. The molecule has 1 aromatic rings. The molecule has 1 aliphatic heterocycles. The molecule has 0 aromatic heterocycles. The zero-order valence-electron chi connectivity index (χ0n) is 11.6. The molecule has 1 atom stereocenters. The smallest absolute Gasteiger partial charge is 0.340 e. The molecule has 2 rings (SSSR count). The van der Waals surface area contributed by atoms with Crippen LogP contribution in [0.3, 0.4) is 0 Å². The second-order valence-electron chi connectivity index (χ2n) is 4.91. The van der Waals surface area contributed by atoms with Gasteiger partial charge in [0.25, 0.3) is 0 Å². The van der Waals surface area contributed by atoms with E-state index in [0.717, 1.165) is 0 Å². The van der Waals surface area contributed by atoms with Gasteiger partial charge in [0.15, 0.2) is 0 Å². The first kappa shape index (κ1) is 17.2. The van der Waals surface area contributed by atoms with Crippen molar-refractivity contribution in [1.29, 1.82) is 0 Å². The van der Waals surface area contributed by atoms with Crippen molar-refractivity contribution in [2.24, 2.45) is 5.92 Å². The summed E-state index contributed by atoms with van der Waals surface area (Å²) in [4.78, 5) is 25.5. The highest BCUT2D eigenvalue weighted by molar-refractivity contribution is 9.10. The average molecular weight is 411 g/mol. The summed E-state index contributed by atoms with van der Waals surface area (Å²) in [7, 11) is 2.81. The predicted octanol–water partition coefficient (Wildman–Crippen LogP) is 2.16. The summed E-state index contributed by atoms with van der Waals surface area (Å²) < 4.78 is 27.6. The van der Waals surface area contributed by atoms with Gasteiger partial charge in [0.2, 0.25) is 15.0 Å². The molecule has 22 heavy (non-hydrogen) atoms. The molecular weight excluding hydrogens is 398 g/mol. The first-order valence-corrected chi connectivity index (χ1v) is 9.59. The Morgan fingerprint density at radius 3 is 2.77 bits per heavy atom. The van der Waals surface area contributed by atoms with E-state index in [2.05, 4.69) is 15.9 Å². The van der Waals surface area contributed by atoms with Crippen LogP contribution in [0.4, 0.5) is 5.69 Å². The van der Waals surface area contributed by atoms with Gasteiger partial charge < -0.3 is 9.64 Å². The van der Waals surface area contributed by atoms with E-state index in [0.29, 0.717) is 10.2 Å². The second-order valence-corrected chi connectivity index (χ2v) is 8.58. The lowest BCUT2D eigenvalue weighted by atomic mass is 10.1. The maximum Gasteiger partial charge on any atom is 0.340 e. The second kappa shape index (κ2) is 6.55. The Hall–Kier alpha value is -1.12. The molecular formula is C13H13BrClNO5S. The first-order chi connectivity index (χ1) is 10.2. The molecule has 0 N–H and O–H groups in total. The Morgan fingerprint density at radius 2 is 2.18 bits per heavy atom. The van der Waals surface area contributed by atoms with Gasteiger partial charge in [-0.2, -0.15) is 0 Å². The number of esters is 1. The predicted molar refractivity (Wildman–Crippen MR) is 85.6 cm³/mol. The third kappa shape index (κ3) is 3.80. The van der Waals surface area contributed by atoms with Gasteiger partial charge in [0.05, 0.1) is 24.1 Å². The largest absolute Gasteiger partial charge is 0.465 e. The number of rotatable bonds is 4. The molecule has 0 bridgehead atoms. The molecule has 1 aromatic carbocycles. The van der Waals surface area contributed by atoms with Crippen LogP contribution in [-0.2, 0) is 18.6 Å². The lowest BCUT2D eigenvalue weighted by Crippen LogP contribution is -2.27. The van der Waals surface area contributed by atoms with Gasteiger partial charge in [-0.3, -0.25) is 4.79 Å². The minimum atomic E-state index is -3.69. The number of ether oxygens (including phenoxy) is 1. The molecule has 1 amide bonds. The molecule has 1 saturated heterocycles. The van der Waals surface area contributed by atoms with Gasteiger partial charge in [-0.15, -0.1) is 0 Å². The number of hydrogen-bond acceptors (Lipinski definition) is 5. The molecule has 1 heterocycles. The minimum absolute atomic E-state index is 0.0634. The third-order valence-electron chi connectivity index (χ3n) is 3.30. The average Bonchev–Trinajstić information content (AvgIpc) is 2.75. The van der Waals surface area contributed by atoms with Crippen LogP contribution < -0.4 is 4.90 Å². The fourth-order valence-electron chi connectivity index (χ4n) is 2.46. The van der Waals surface area contributed by atoms with Crippen LogP contribution >= 0.6 is 26.6 Å². The number of hydrogen-bond donors (Lipinski definition) is 0. The van der Waals surface area contributed by atoms with Crippen molar-refractivity contribution in [3.05, 3.63) is 28.2 Å². The molecule has 120 valence electrons. The van der Waals surface area contributed by atoms with Crippen molar-refractivity contribution in [2.75, 3.05) is 24.3 Å². The van der Waals surface area contributed by atoms with Crippen LogP contribution in [0, 0.1) is 5.92 Å². The van der Waals surface area contributed by atoms with Crippen LogP contribution in [-0.4, -0.2) is 39.7 Å². The van der Waals surface area contributed by atoms with Crippen molar-refractivity contribution in [3.8, 4) is 0 Å². The van der Waals surface area contributed by atoms with Crippen molar-refractivity contribution in [3.63, 3.8) is 0 Å². The number of anilines is 1. The van der Waals surface area contributed by atoms with Gasteiger partial charge >= 0.3 is 5.97 Å². The Bertz CT molecular complexity index is 721. The summed E-state index contributed by atoms with van der Waals surface area (Å²) in [5, 5.41) is 0. The molecule has 1 aliphatic rings. The lowest BCUT2D eigenvalue weighted by molar-refractivity contribution is -0.117. The van der Waals surface area contributed by atoms with Crippen molar-refractivity contribution in [2.45, 2.75) is 6.42 Å². The van der Waals surface area contributed by atoms with Gasteiger partial charge in [-0.25, -0.2) is 13.2 Å². The Morgan fingerprint density at radius 1 is 1.50 bits per heavy atom. The highest BCUT2D eigenvalue weighted by Crippen LogP contribution is 2.35. The van der Waals surface area contributed by atoms with E-state index >= 15 is 0 Å². The summed E-state index contributed by atoms with van der Waals surface area (Å²) in [6.07, 6.45) is 0.0634. The summed E-state index contributed by atoms with van der Waals surface area (Å²) in [6.45, 7) is 0.178. The van der Waals surface area contributed by atoms with Crippen molar-refractivity contribution in [1.82, 2.24) is 0 Å². The normalized spacial score (nSPS) is 18.6. The monoisotopic (exact) mass is 409 g/mol. The van der Waals surface area contributed by atoms with Crippen LogP contribution in [0.25, 0.3) is 0 Å². The van der Waals surface area contributed by atoms with Crippen LogP contribution in [0.1, 0.15) is 16.8 Å². The number of para-hydroxylation sites is 1. The summed E-state index contributed by atoms with van der Waals surface area (Å²) in [6, 6.07) is 4.90. The standard InChI is InChI=1S/C13H13BrClNO5S/c1-21-13(18)9-3-2-4-10(14)12(9)16-6-8(5-11(16)17)7-22(15,19)20/h2-4,8H,5-7H2,1H3. The summed E-state index contributed by atoms with van der Waals surface area (Å²) in [5.41, 5.74) is 0.619. The molecule has 0 aliphatic carbocycles. The number of benzene rings is 1. The van der Waals surface area contributed by atoms with Gasteiger partial charge in [0, 0.05) is 34.0 Å². The van der Waals surface area contributed by atoms with E-state index in [1.165, 1.54) is 12.0 Å². The minimum Gasteiger partial charge on any atom is -0.465 e. The fraction of sp³-hybridized carbons (Fsp3) is 0.385. The van der Waals surface area contributed by atoms with E-state index < -0.39 is 20.9 Å². The zero-order valence-corrected chi connectivity index (χ0v) is 14.7. The number of carbonyl (C=O) groups excluding carboxylic acids is 2.